The third-order valence-electron chi connectivity index (χ3n) is 5.28. The van der Waals surface area contributed by atoms with Gasteiger partial charge in [-0.1, -0.05) is 6.07 Å². The van der Waals surface area contributed by atoms with E-state index in [1.165, 1.54) is 18.9 Å². The summed E-state index contributed by atoms with van der Waals surface area (Å²) in [5, 5.41) is 2.87. The number of ether oxygens (including phenoxy) is 4. The zero-order valence-electron chi connectivity index (χ0n) is 18.4. The van der Waals surface area contributed by atoms with E-state index in [0.29, 0.717) is 47.2 Å². The molecular weight excluding hydrogens is 418 g/mol. The third kappa shape index (κ3) is 4.44. The molecule has 1 amide bonds. The standard InChI is InChI=1S/C23H27NO6S/c1-6-30-18-11-13-7-9-16(24-23(26)29-4)15-12-17(25)19(31-5)10-8-14(15)20(13)22(28-3)21(18)27-2/h8,10-12,16H,6-7,9H2,1-5H3,(H,24,26)/t16-/m0/s1. The number of nitrogens with one attached hydrogen (secondary N) is 1. The normalized spacial score (nSPS) is 14.5. The van der Waals surface area contributed by atoms with Crippen molar-refractivity contribution in [2.24, 2.45) is 0 Å². The highest BCUT2D eigenvalue weighted by Crippen LogP contribution is 2.50. The molecule has 31 heavy (non-hydrogen) atoms. The third-order valence-corrected chi connectivity index (χ3v) is 6.06. The van der Waals surface area contributed by atoms with Crippen molar-refractivity contribution in [3.05, 3.63) is 45.6 Å². The number of fused-ring (bicyclic) bond motifs is 3. The van der Waals surface area contributed by atoms with Crippen LogP contribution in [-0.4, -0.2) is 40.3 Å². The first-order chi connectivity index (χ1) is 15.0. The van der Waals surface area contributed by atoms with Crippen molar-refractivity contribution >= 4 is 17.9 Å². The SMILES string of the molecule is CCOc1cc2c(c(OC)c1OC)-c1ccc(SC)c(=O)cc1[C@@H](NC(=O)OC)CC2. The van der Waals surface area contributed by atoms with Crippen LogP contribution in [0.15, 0.2) is 34.0 Å². The number of rotatable bonds is 6. The molecule has 2 aromatic carbocycles. The monoisotopic (exact) mass is 445 g/mol. The molecule has 0 spiro atoms. The van der Waals surface area contributed by atoms with Crippen LogP contribution in [0.3, 0.4) is 0 Å². The first kappa shape index (κ1) is 22.8. The lowest BCUT2D eigenvalue weighted by atomic mass is 9.95. The van der Waals surface area contributed by atoms with Crippen LogP contribution in [0.5, 0.6) is 17.2 Å². The van der Waals surface area contributed by atoms with Gasteiger partial charge < -0.3 is 24.3 Å². The predicted octanol–water partition coefficient (Wildman–Crippen LogP) is 4.19. The first-order valence-electron chi connectivity index (χ1n) is 9.96. The van der Waals surface area contributed by atoms with Gasteiger partial charge in [-0.05, 0) is 60.9 Å². The zero-order chi connectivity index (χ0) is 22.5. The van der Waals surface area contributed by atoms with Crippen molar-refractivity contribution in [3.63, 3.8) is 0 Å². The number of carbonyl (C=O) groups is 1. The van der Waals surface area contributed by atoms with E-state index in [0.717, 1.165) is 16.7 Å². The lowest BCUT2D eigenvalue weighted by Crippen LogP contribution is -2.28. The van der Waals surface area contributed by atoms with E-state index >= 15 is 0 Å². The van der Waals surface area contributed by atoms with Gasteiger partial charge in [0.25, 0.3) is 0 Å². The average molecular weight is 446 g/mol. The molecule has 2 aromatic rings. The van der Waals surface area contributed by atoms with E-state index in [9.17, 15) is 9.59 Å². The second-order valence-corrected chi connectivity index (χ2v) is 7.76. The van der Waals surface area contributed by atoms with Crippen LogP contribution in [0, 0.1) is 0 Å². The lowest BCUT2D eigenvalue weighted by molar-refractivity contribution is 0.166. The molecule has 1 aliphatic rings. The zero-order valence-corrected chi connectivity index (χ0v) is 19.2. The van der Waals surface area contributed by atoms with Gasteiger partial charge in [-0.15, -0.1) is 11.8 Å². The molecule has 7 nitrogen and oxygen atoms in total. The summed E-state index contributed by atoms with van der Waals surface area (Å²) in [5.41, 5.74) is 3.21. The van der Waals surface area contributed by atoms with Crippen molar-refractivity contribution in [2.45, 2.75) is 30.7 Å². The summed E-state index contributed by atoms with van der Waals surface area (Å²) >= 11 is 1.38. The Labute approximate surface area is 186 Å². The van der Waals surface area contributed by atoms with E-state index < -0.39 is 12.1 Å². The average Bonchev–Trinajstić information content (AvgIpc) is 3.01. The molecule has 1 atom stereocenters. The summed E-state index contributed by atoms with van der Waals surface area (Å²) in [5.74, 6) is 1.62. The highest BCUT2D eigenvalue weighted by molar-refractivity contribution is 7.98. The van der Waals surface area contributed by atoms with E-state index in [2.05, 4.69) is 5.32 Å². The number of hydrogen-bond acceptors (Lipinski definition) is 7. The van der Waals surface area contributed by atoms with Crippen LogP contribution in [0.2, 0.25) is 0 Å². The molecule has 0 radical (unpaired) electrons. The molecule has 0 bridgehead atoms. The van der Waals surface area contributed by atoms with Gasteiger partial charge in [-0.3, -0.25) is 4.79 Å². The van der Waals surface area contributed by atoms with E-state index in [4.69, 9.17) is 18.9 Å². The summed E-state index contributed by atoms with van der Waals surface area (Å²) in [7, 11) is 4.47. The molecule has 1 aliphatic carbocycles. The Balaban J connectivity index is 2.37. The molecular formula is C23H27NO6S. The van der Waals surface area contributed by atoms with Crippen molar-refractivity contribution in [1.29, 1.82) is 0 Å². The number of amides is 1. The number of thioether (sulfide) groups is 1. The van der Waals surface area contributed by atoms with Crippen LogP contribution in [0.4, 0.5) is 4.79 Å². The molecule has 0 aromatic heterocycles. The van der Waals surface area contributed by atoms with E-state index in [1.54, 1.807) is 26.4 Å². The van der Waals surface area contributed by atoms with Crippen molar-refractivity contribution in [3.8, 4) is 28.4 Å². The quantitative estimate of drug-likeness (QED) is 0.668. The van der Waals surface area contributed by atoms with Gasteiger partial charge in [0.2, 0.25) is 5.75 Å². The number of aryl methyl sites for hydroxylation is 1. The first-order valence-corrected chi connectivity index (χ1v) is 11.2. The summed E-state index contributed by atoms with van der Waals surface area (Å²) in [6.45, 7) is 2.38. The summed E-state index contributed by atoms with van der Waals surface area (Å²) < 4.78 is 22.0. The van der Waals surface area contributed by atoms with Gasteiger partial charge in [0, 0.05) is 5.56 Å². The van der Waals surface area contributed by atoms with Crippen LogP contribution in [0.25, 0.3) is 11.1 Å². The maximum Gasteiger partial charge on any atom is 0.407 e. The van der Waals surface area contributed by atoms with Crippen molar-refractivity contribution in [1.82, 2.24) is 5.32 Å². The minimum absolute atomic E-state index is 0.106. The van der Waals surface area contributed by atoms with Gasteiger partial charge in [0.05, 0.1) is 38.9 Å². The second-order valence-electron chi connectivity index (χ2n) is 6.91. The highest BCUT2D eigenvalue weighted by atomic mass is 32.2. The van der Waals surface area contributed by atoms with Crippen LogP contribution >= 0.6 is 11.8 Å². The Morgan fingerprint density at radius 1 is 1.16 bits per heavy atom. The molecule has 0 saturated heterocycles. The van der Waals surface area contributed by atoms with Crippen LogP contribution in [0.1, 0.15) is 30.5 Å². The molecule has 0 aliphatic heterocycles. The maximum absolute atomic E-state index is 12.8. The minimum Gasteiger partial charge on any atom is -0.492 e. The largest absolute Gasteiger partial charge is 0.492 e. The van der Waals surface area contributed by atoms with Gasteiger partial charge >= 0.3 is 6.09 Å². The Morgan fingerprint density at radius 2 is 1.90 bits per heavy atom. The summed E-state index contributed by atoms with van der Waals surface area (Å²) in [6, 6.07) is 6.85. The predicted molar refractivity (Wildman–Crippen MR) is 121 cm³/mol. The van der Waals surface area contributed by atoms with E-state index in [1.807, 2.05) is 25.3 Å². The molecule has 0 fully saturated rings. The van der Waals surface area contributed by atoms with Crippen LogP contribution in [-0.2, 0) is 11.2 Å². The second kappa shape index (κ2) is 9.96. The fourth-order valence-electron chi connectivity index (χ4n) is 3.93. The van der Waals surface area contributed by atoms with Gasteiger partial charge in [0.1, 0.15) is 0 Å². The van der Waals surface area contributed by atoms with Gasteiger partial charge in [-0.25, -0.2) is 4.79 Å². The molecule has 8 heteroatoms. The number of hydrogen-bond donors (Lipinski definition) is 1. The Morgan fingerprint density at radius 3 is 2.52 bits per heavy atom. The summed E-state index contributed by atoms with van der Waals surface area (Å²) in [4.78, 5) is 25.5. The number of methoxy groups -OCH3 is 3. The van der Waals surface area contributed by atoms with Gasteiger partial charge in [0.15, 0.2) is 16.9 Å². The number of alkyl carbamates (subject to hydrolysis) is 1. The van der Waals surface area contributed by atoms with Crippen LogP contribution < -0.4 is 25.0 Å². The molecule has 3 rings (SSSR count). The molecule has 1 N–H and O–H groups in total. The Kier molecular flexibility index (Phi) is 7.33. The maximum atomic E-state index is 12.8. The topological polar surface area (TPSA) is 83.1 Å². The Bertz CT molecular complexity index is 1040. The smallest absolute Gasteiger partial charge is 0.407 e. The fourth-order valence-corrected chi connectivity index (χ4v) is 4.39. The molecule has 0 heterocycles. The fraction of sp³-hybridized carbons (Fsp3) is 0.391. The lowest BCUT2D eigenvalue weighted by Gasteiger charge is -2.20. The number of benzene rings is 1. The Hall–Kier alpha value is -2.87. The van der Waals surface area contributed by atoms with Gasteiger partial charge in [-0.2, -0.15) is 0 Å². The molecule has 0 unspecified atom stereocenters. The molecule has 0 saturated carbocycles. The molecule has 166 valence electrons. The highest BCUT2D eigenvalue weighted by Gasteiger charge is 2.30. The minimum atomic E-state index is -0.550. The number of carbonyl (C=O) groups excluding carboxylic acids is 1. The van der Waals surface area contributed by atoms with Crippen molar-refractivity contribution < 1.29 is 23.7 Å². The van der Waals surface area contributed by atoms with E-state index in [-0.39, 0.29) is 5.43 Å². The summed E-state index contributed by atoms with van der Waals surface area (Å²) in [6.07, 6.45) is 2.52. The van der Waals surface area contributed by atoms with Crippen molar-refractivity contribution in [2.75, 3.05) is 34.2 Å².